The van der Waals surface area contributed by atoms with Crippen LogP contribution in [-0.2, 0) is 19.0 Å². The minimum absolute atomic E-state index is 0.0141. The second kappa shape index (κ2) is 6.72. The number of cyclic esters (lactones) is 1. The van der Waals surface area contributed by atoms with Crippen LogP contribution in [-0.4, -0.2) is 48.7 Å². The first-order chi connectivity index (χ1) is 12.8. The highest BCUT2D eigenvalue weighted by molar-refractivity contribution is 6.21. The van der Waals surface area contributed by atoms with Crippen LogP contribution in [0, 0.1) is 22.7 Å². The van der Waals surface area contributed by atoms with Crippen molar-refractivity contribution in [3.05, 3.63) is 11.6 Å². The fraction of sp³-hybridized carbons (Fsp3) is 0.857. The fourth-order valence-corrected chi connectivity index (χ4v) is 6.98. The third kappa shape index (κ3) is 2.65. The smallest absolute Gasteiger partial charge is 0.331 e. The van der Waals surface area contributed by atoms with E-state index in [9.17, 15) is 9.90 Å². The highest BCUT2D eigenvalue weighted by atomic mass is 35.5. The second-order valence-corrected chi connectivity index (χ2v) is 9.82. The van der Waals surface area contributed by atoms with Crippen LogP contribution >= 0.6 is 11.6 Å². The van der Waals surface area contributed by atoms with Crippen LogP contribution in [0.15, 0.2) is 11.6 Å². The van der Waals surface area contributed by atoms with Gasteiger partial charge in [0.2, 0.25) is 0 Å². The zero-order valence-electron chi connectivity index (χ0n) is 16.5. The highest BCUT2D eigenvalue weighted by Crippen LogP contribution is 2.68. The second-order valence-electron chi connectivity index (χ2n) is 9.30. The highest BCUT2D eigenvalue weighted by Gasteiger charge is 2.73. The van der Waals surface area contributed by atoms with Crippen molar-refractivity contribution in [2.24, 2.45) is 22.7 Å². The van der Waals surface area contributed by atoms with E-state index in [0.717, 1.165) is 44.1 Å². The third-order valence-corrected chi connectivity index (χ3v) is 8.94. The lowest BCUT2D eigenvalue weighted by atomic mass is 9.43. The Bertz CT molecular complexity index is 650. The number of hydrogen-bond donors (Lipinski definition) is 1. The van der Waals surface area contributed by atoms with Crippen molar-refractivity contribution in [1.29, 1.82) is 0 Å². The zero-order valence-corrected chi connectivity index (χ0v) is 17.3. The fourth-order valence-electron chi connectivity index (χ4n) is 6.59. The Morgan fingerprint density at radius 3 is 2.81 bits per heavy atom. The van der Waals surface area contributed by atoms with Gasteiger partial charge in [0.15, 0.2) is 6.29 Å². The summed E-state index contributed by atoms with van der Waals surface area (Å²) in [6.07, 6.45) is 6.66. The number of aliphatic hydroxyl groups is 1. The molecule has 1 spiro atoms. The quantitative estimate of drug-likeness (QED) is 0.580. The van der Waals surface area contributed by atoms with Crippen molar-refractivity contribution in [2.45, 2.75) is 69.6 Å². The first-order valence-corrected chi connectivity index (χ1v) is 10.6. The topological polar surface area (TPSA) is 65.0 Å². The van der Waals surface area contributed by atoms with Crippen molar-refractivity contribution in [3.63, 3.8) is 0 Å². The molecule has 0 amide bonds. The molecule has 27 heavy (non-hydrogen) atoms. The van der Waals surface area contributed by atoms with Gasteiger partial charge in [-0.2, -0.15) is 0 Å². The van der Waals surface area contributed by atoms with Crippen molar-refractivity contribution < 1.29 is 24.1 Å². The molecule has 0 aromatic rings. The molecule has 2 saturated carbocycles. The van der Waals surface area contributed by atoms with E-state index in [-0.39, 0.29) is 29.3 Å². The Balaban J connectivity index is 1.68. The SMILES string of the molecule is CO[C@H]1OC[C@]2(O)[C@H](Cl)CC[C@H]3[C@](C)(CCC4=CC(=O)OC4)[C@@H](C)CC[C@]132. The van der Waals surface area contributed by atoms with E-state index in [1.54, 1.807) is 13.2 Å². The summed E-state index contributed by atoms with van der Waals surface area (Å²) in [6.45, 7) is 5.33. The minimum atomic E-state index is -1.05. The molecule has 5 nitrogen and oxygen atoms in total. The lowest BCUT2D eigenvalue weighted by Crippen LogP contribution is -2.68. The Morgan fingerprint density at radius 2 is 2.15 bits per heavy atom. The number of rotatable bonds is 4. The molecule has 6 heteroatoms. The molecule has 152 valence electrons. The molecule has 7 atom stereocenters. The van der Waals surface area contributed by atoms with Gasteiger partial charge in [-0.15, -0.1) is 11.6 Å². The van der Waals surface area contributed by atoms with Crippen LogP contribution in [0.1, 0.15) is 52.4 Å². The molecule has 2 aliphatic carbocycles. The predicted molar refractivity (Wildman–Crippen MR) is 101 cm³/mol. The molecule has 0 aromatic carbocycles. The summed E-state index contributed by atoms with van der Waals surface area (Å²) in [5.41, 5.74) is -0.435. The van der Waals surface area contributed by atoms with Crippen molar-refractivity contribution in [3.8, 4) is 0 Å². The van der Waals surface area contributed by atoms with Gasteiger partial charge in [0, 0.05) is 13.2 Å². The van der Waals surface area contributed by atoms with Crippen LogP contribution in [0.2, 0.25) is 0 Å². The van der Waals surface area contributed by atoms with Crippen LogP contribution in [0.4, 0.5) is 0 Å². The Kier molecular flexibility index (Phi) is 4.90. The average Bonchev–Trinajstić information content (AvgIpc) is 3.19. The van der Waals surface area contributed by atoms with E-state index in [1.807, 2.05) is 0 Å². The lowest BCUT2D eigenvalue weighted by molar-refractivity contribution is -0.242. The summed E-state index contributed by atoms with van der Waals surface area (Å²) < 4.78 is 16.8. The maximum atomic E-state index is 11.7. The molecule has 2 heterocycles. The van der Waals surface area contributed by atoms with Gasteiger partial charge in [0.1, 0.15) is 12.2 Å². The Hall–Kier alpha value is -0.620. The van der Waals surface area contributed by atoms with E-state index < -0.39 is 17.3 Å². The largest absolute Gasteiger partial charge is 0.458 e. The average molecular weight is 399 g/mol. The van der Waals surface area contributed by atoms with Crippen molar-refractivity contribution in [1.82, 2.24) is 0 Å². The number of methoxy groups -OCH3 is 1. The first-order valence-electron chi connectivity index (χ1n) is 10.1. The molecule has 1 saturated heterocycles. The number of halogens is 1. The van der Waals surface area contributed by atoms with E-state index in [1.165, 1.54) is 0 Å². The molecule has 0 aromatic heterocycles. The van der Waals surface area contributed by atoms with Gasteiger partial charge < -0.3 is 19.3 Å². The van der Waals surface area contributed by atoms with Gasteiger partial charge >= 0.3 is 5.97 Å². The summed E-state index contributed by atoms with van der Waals surface area (Å²) in [5, 5.41) is 11.4. The van der Waals surface area contributed by atoms with Gasteiger partial charge in [-0.25, -0.2) is 4.79 Å². The number of ether oxygens (including phenoxy) is 3. The number of carbonyl (C=O) groups excluding carboxylic acids is 1. The van der Waals surface area contributed by atoms with Crippen LogP contribution in [0.3, 0.4) is 0 Å². The molecule has 0 unspecified atom stereocenters. The van der Waals surface area contributed by atoms with Crippen LogP contribution in [0.25, 0.3) is 0 Å². The molecular weight excluding hydrogens is 368 g/mol. The number of esters is 1. The van der Waals surface area contributed by atoms with E-state index >= 15 is 0 Å². The molecule has 2 aliphatic heterocycles. The molecule has 0 bridgehead atoms. The molecule has 0 radical (unpaired) electrons. The van der Waals surface area contributed by atoms with Crippen molar-refractivity contribution in [2.75, 3.05) is 20.3 Å². The Labute approximate surface area is 166 Å². The van der Waals surface area contributed by atoms with Gasteiger partial charge in [-0.3, -0.25) is 0 Å². The van der Waals surface area contributed by atoms with Gasteiger partial charge in [-0.1, -0.05) is 13.8 Å². The first kappa shape index (κ1) is 19.7. The molecule has 4 rings (SSSR count). The maximum absolute atomic E-state index is 11.7. The standard InChI is InChI=1S/C21H31ClO5/c1-13-6-9-20-15(19(13,2)8-7-14-10-17(23)26-11-14)4-5-16(22)21(20,24)12-27-18(20)25-3/h10,13,15-16,18,24H,4-9,11-12H2,1-3H3/t13-,15-,16+,18-,19+,20+,21-/m0/s1. The van der Waals surface area contributed by atoms with Crippen LogP contribution < -0.4 is 0 Å². The third-order valence-electron chi connectivity index (χ3n) is 8.36. The van der Waals surface area contributed by atoms with E-state index in [0.29, 0.717) is 12.5 Å². The molecule has 1 N–H and O–H groups in total. The maximum Gasteiger partial charge on any atom is 0.331 e. The van der Waals surface area contributed by atoms with Gasteiger partial charge in [0.25, 0.3) is 0 Å². The lowest BCUT2D eigenvalue weighted by Gasteiger charge is -2.63. The van der Waals surface area contributed by atoms with Crippen LogP contribution in [0.5, 0.6) is 0 Å². The monoisotopic (exact) mass is 398 g/mol. The summed E-state index contributed by atoms with van der Waals surface area (Å²) in [4.78, 5) is 11.4. The molecule has 3 fully saturated rings. The van der Waals surface area contributed by atoms with E-state index in [2.05, 4.69) is 13.8 Å². The predicted octanol–water partition coefficient (Wildman–Crippen LogP) is 3.42. The summed E-state index contributed by atoms with van der Waals surface area (Å²) >= 11 is 6.67. The Morgan fingerprint density at radius 1 is 1.37 bits per heavy atom. The number of hydrogen-bond acceptors (Lipinski definition) is 5. The van der Waals surface area contributed by atoms with Gasteiger partial charge in [-0.05, 0) is 61.3 Å². The number of carbonyl (C=O) groups is 1. The van der Waals surface area contributed by atoms with E-state index in [4.69, 9.17) is 25.8 Å². The molecular formula is C21H31ClO5. The minimum Gasteiger partial charge on any atom is -0.458 e. The zero-order chi connectivity index (χ0) is 19.4. The summed E-state index contributed by atoms with van der Waals surface area (Å²) in [6, 6.07) is 0. The van der Waals surface area contributed by atoms with Crippen molar-refractivity contribution >= 4 is 17.6 Å². The molecule has 4 aliphatic rings. The number of alkyl halides is 1. The van der Waals surface area contributed by atoms with Gasteiger partial charge in [0.05, 0.1) is 17.4 Å². The summed E-state index contributed by atoms with van der Waals surface area (Å²) in [7, 11) is 1.67. The summed E-state index contributed by atoms with van der Waals surface area (Å²) in [5.74, 6) is 0.546. The normalized spacial score (nSPS) is 49.4.